The van der Waals surface area contributed by atoms with Gasteiger partial charge < -0.3 is 6.15 Å². The second kappa shape index (κ2) is 17.3. The van der Waals surface area contributed by atoms with E-state index in [0.717, 1.165) is 0 Å². The van der Waals surface area contributed by atoms with Crippen molar-refractivity contribution in [1.29, 1.82) is 0 Å². The molecule has 0 rings (SSSR count). The molecule has 0 radical (unpaired) electrons. The average molecular weight is 325 g/mol. The average Bonchev–Trinajstić information content (AvgIpc) is 1.25. The second-order valence-electron chi connectivity index (χ2n) is 0.475. The van der Waals surface area contributed by atoms with Gasteiger partial charge in [-0.1, -0.05) is 0 Å². The molecule has 0 fully saturated rings. The summed E-state index contributed by atoms with van der Waals surface area (Å²) in [6.07, 6.45) is 0. The van der Waals surface area contributed by atoms with Gasteiger partial charge in [-0.05, 0) is 0 Å². The summed E-state index contributed by atoms with van der Waals surface area (Å²) in [6.45, 7) is 0. The van der Waals surface area contributed by atoms with Gasteiger partial charge >= 0.3 is 92.4 Å². The molecule has 10 heteroatoms. The van der Waals surface area contributed by atoms with Crippen LogP contribution in [0.1, 0.15) is 0 Å². The zero-order valence-corrected chi connectivity index (χ0v) is 12.3. The van der Waals surface area contributed by atoms with Gasteiger partial charge in [-0.15, -0.1) is 0 Å². The van der Waals surface area contributed by atoms with Crippen molar-refractivity contribution in [2.75, 3.05) is 0 Å². The summed E-state index contributed by atoms with van der Waals surface area (Å²) in [4.78, 5) is 0. The number of quaternary nitrogens is 1. The van der Waals surface area contributed by atoms with Gasteiger partial charge in [0.1, 0.15) is 0 Å². The Hall–Kier alpha value is 2.11. The van der Waals surface area contributed by atoms with Crippen LogP contribution in [0.25, 0.3) is 0 Å². The Morgan fingerprint density at radius 3 is 1.00 bits per heavy atom. The predicted molar refractivity (Wildman–Crippen MR) is 9.57 cm³/mol. The molecule has 0 aromatic carbocycles. The van der Waals surface area contributed by atoms with E-state index >= 15 is 0 Å². The fourth-order valence-electron chi connectivity index (χ4n) is 0. The zero-order valence-electron chi connectivity index (χ0n) is 5.39. The molecule has 0 saturated carbocycles. The summed E-state index contributed by atoms with van der Waals surface area (Å²) in [5, 5.41) is 0. The maximum absolute atomic E-state index is 10.1. The Balaban J connectivity index is -0.0000000300. The van der Waals surface area contributed by atoms with Crippen molar-refractivity contribution in [3.8, 4) is 0 Å². The van der Waals surface area contributed by atoms with E-state index in [4.69, 9.17) is 12.0 Å². The molecule has 0 aliphatic rings. The molecule has 56 valence electrons. The van der Waals surface area contributed by atoms with Crippen molar-refractivity contribution in [1.82, 2.24) is 6.15 Å². The van der Waals surface area contributed by atoms with Crippen molar-refractivity contribution >= 4 is 0 Å². The molecule has 0 atom stereocenters. The van der Waals surface area contributed by atoms with Crippen molar-refractivity contribution < 1.29 is 92.4 Å². The predicted octanol–water partition coefficient (Wildman–Crippen LogP) is -4.40. The molecular formula is H4F2NNaO4Zr2. The second-order valence-corrected chi connectivity index (χ2v) is 2.81. The van der Waals surface area contributed by atoms with E-state index in [0.29, 0.717) is 0 Å². The van der Waals surface area contributed by atoms with Crippen LogP contribution in [0.3, 0.4) is 0 Å². The van der Waals surface area contributed by atoms with Gasteiger partial charge in [-0.3, -0.25) is 0 Å². The fraction of sp³-hybridized carbons (Fsp3) is 0. The van der Waals surface area contributed by atoms with E-state index in [1.165, 1.54) is 0 Å². The van der Waals surface area contributed by atoms with Crippen LogP contribution in [0.5, 0.6) is 0 Å². The molecular weight excluding hydrogens is 321 g/mol. The molecule has 0 aliphatic carbocycles. The Kier molecular flexibility index (Phi) is 39.2. The number of hydrogen-bond acceptors (Lipinski definition) is 4. The van der Waals surface area contributed by atoms with Gasteiger partial charge in [0, 0.05) is 0 Å². The molecule has 0 aliphatic heterocycles. The van der Waals surface area contributed by atoms with Gasteiger partial charge in [-0.25, -0.2) is 0 Å². The van der Waals surface area contributed by atoms with Crippen LogP contribution in [-0.4, -0.2) is 0 Å². The summed E-state index contributed by atoms with van der Waals surface area (Å²) >= 11 is -9.09. The van der Waals surface area contributed by atoms with E-state index in [2.05, 4.69) is 0 Å². The SMILES string of the molecule is [NH4+].[Na+].[O]=[Zr]([O-])[F].[O]=[Zr]([O-])[F]. The summed E-state index contributed by atoms with van der Waals surface area (Å²) in [5.74, 6) is 0. The van der Waals surface area contributed by atoms with Crippen molar-refractivity contribution in [3.63, 3.8) is 0 Å². The fourth-order valence-corrected chi connectivity index (χ4v) is 0. The van der Waals surface area contributed by atoms with E-state index in [-0.39, 0.29) is 35.7 Å². The quantitative estimate of drug-likeness (QED) is 0.453. The van der Waals surface area contributed by atoms with Crippen LogP contribution < -0.4 is 42.1 Å². The van der Waals surface area contributed by atoms with Crippen LogP contribution in [-0.2, 0) is 51.2 Å². The first-order chi connectivity index (χ1) is 3.46. The monoisotopic (exact) mass is 323 g/mol. The topological polar surface area (TPSA) is 117 Å². The number of hydrogen-bond donors (Lipinski definition) is 1. The third-order valence-corrected chi connectivity index (χ3v) is 0. The molecule has 4 N–H and O–H groups in total. The molecule has 10 heavy (non-hydrogen) atoms. The molecule has 0 spiro atoms. The summed E-state index contributed by atoms with van der Waals surface area (Å²) < 4.78 is 54.2. The normalized spacial score (nSPS) is 5.20. The summed E-state index contributed by atoms with van der Waals surface area (Å²) in [5.41, 5.74) is 0. The van der Waals surface area contributed by atoms with E-state index in [9.17, 15) is 5.25 Å². The van der Waals surface area contributed by atoms with Gasteiger partial charge in [0.25, 0.3) is 0 Å². The molecule has 0 heterocycles. The summed E-state index contributed by atoms with van der Waals surface area (Å²) in [7, 11) is 0. The van der Waals surface area contributed by atoms with E-state index in [1.54, 1.807) is 0 Å². The first-order valence-electron chi connectivity index (χ1n) is 1.19. The summed E-state index contributed by atoms with van der Waals surface area (Å²) in [6, 6.07) is 0. The van der Waals surface area contributed by atoms with Crippen LogP contribution in [0, 0.1) is 0 Å². The Morgan fingerprint density at radius 2 is 1.00 bits per heavy atom. The van der Waals surface area contributed by atoms with Gasteiger partial charge in [0.05, 0.1) is 0 Å². The Labute approximate surface area is 96.9 Å². The minimum absolute atomic E-state index is 0. The van der Waals surface area contributed by atoms with Crippen LogP contribution >= 0.6 is 0 Å². The number of rotatable bonds is 0. The van der Waals surface area contributed by atoms with Crippen LogP contribution in [0.4, 0.5) is 5.25 Å². The molecule has 0 aromatic heterocycles. The van der Waals surface area contributed by atoms with Crippen LogP contribution in [0.2, 0.25) is 0 Å². The van der Waals surface area contributed by atoms with Gasteiger partial charge in [0.15, 0.2) is 0 Å². The van der Waals surface area contributed by atoms with E-state index < -0.39 is 45.6 Å². The Morgan fingerprint density at radius 1 is 1.00 bits per heavy atom. The maximum atomic E-state index is 10.1. The molecule has 0 bridgehead atoms. The third kappa shape index (κ3) is 189. The molecule has 0 unspecified atom stereocenters. The van der Waals surface area contributed by atoms with Crippen molar-refractivity contribution in [3.05, 3.63) is 0 Å². The third-order valence-electron chi connectivity index (χ3n) is 0. The zero-order chi connectivity index (χ0) is 7.15. The first-order valence-corrected chi connectivity index (χ1v) is 7.07. The van der Waals surface area contributed by atoms with Gasteiger partial charge in [-0.2, -0.15) is 0 Å². The van der Waals surface area contributed by atoms with Crippen molar-refractivity contribution in [2.24, 2.45) is 0 Å². The van der Waals surface area contributed by atoms with E-state index in [1.807, 2.05) is 0 Å². The Bertz CT molecular complexity index is 79.3. The molecule has 5 nitrogen and oxygen atoms in total. The van der Waals surface area contributed by atoms with Gasteiger partial charge in [0.2, 0.25) is 0 Å². The molecule has 0 amide bonds. The number of halogens is 2. The van der Waals surface area contributed by atoms with Crippen LogP contribution in [0.15, 0.2) is 0 Å². The minimum atomic E-state index is -4.54. The van der Waals surface area contributed by atoms with Crippen molar-refractivity contribution in [2.45, 2.75) is 0 Å². The molecule has 0 aromatic rings. The first kappa shape index (κ1) is 22.7. The molecule has 0 saturated heterocycles. The standard InChI is InChI=1S/2FH.H3N.Na.4O.2Zr/h2*1H;1H3;;;;;;;/q;;;+1;;;2*-1;2*+1/p-1.